The summed E-state index contributed by atoms with van der Waals surface area (Å²) in [4.78, 5) is 23.0. The van der Waals surface area contributed by atoms with E-state index in [0.29, 0.717) is 11.3 Å². The molecule has 2 amide bonds. The predicted octanol–water partition coefficient (Wildman–Crippen LogP) is -1.53. The molecule has 0 aromatic heterocycles. The lowest BCUT2D eigenvalue weighted by Gasteiger charge is -2.13. The molecule has 0 aliphatic carbocycles. The van der Waals surface area contributed by atoms with Crippen LogP contribution in [0.4, 0.5) is 5.69 Å². The summed E-state index contributed by atoms with van der Waals surface area (Å²) >= 11 is 0. The fourth-order valence-corrected chi connectivity index (χ4v) is 1.32. The Morgan fingerprint density at radius 2 is 1.74 bits per heavy atom. The van der Waals surface area contributed by atoms with Crippen molar-refractivity contribution < 1.29 is 19.8 Å². The predicted molar refractivity (Wildman–Crippen MR) is 69.3 cm³/mol. The van der Waals surface area contributed by atoms with Gasteiger partial charge in [0.15, 0.2) is 0 Å². The van der Waals surface area contributed by atoms with Crippen LogP contribution < -0.4 is 16.4 Å². The number of amides is 2. The van der Waals surface area contributed by atoms with Crippen molar-refractivity contribution in [2.75, 3.05) is 25.5 Å². The Bertz CT molecular complexity index is 429. The third-order valence-corrected chi connectivity index (χ3v) is 2.39. The number of carbonyl (C=O) groups excluding carboxylic acids is 2. The van der Waals surface area contributed by atoms with Crippen LogP contribution in [-0.2, 0) is 4.79 Å². The minimum absolute atomic E-state index is 0.236. The third-order valence-electron chi connectivity index (χ3n) is 2.39. The highest BCUT2D eigenvalue weighted by atomic mass is 16.3. The molecule has 0 heterocycles. The van der Waals surface area contributed by atoms with Gasteiger partial charge in [0.2, 0.25) is 5.91 Å². The van der Waals surface area contributed by atoms with Gasteiger partial charge in [-0.3, -0.25) is 9.59 Å². The Morgan fingerprint density at radius 3 is 2.26 bits per heavy atom. The average molecular weight is 267 g/mol. The van der Waals surface area contributed by atoms with Gasteiger partial charge in [0.25, 0.3) is 5.91 Å². The van der Waals surface area contributed by atoms with Gasteiger partial charge in [-0.25, -0.2) is 0 Å². The van der Waals surface area contributed by atoms with Crippen molar-refractivity contribution in [1.29, 1.82) is 0 Å². The van der Waals surface area contributed by atoms with E-state index in [4.69, 9.17) is 15.9 Å². The van der Waals surface area contributed by atoms with Crippen molar-refractivity contribution in [1.82, 2.24) is 10.6 Å². The molecule has 0 bridgehead atoms. The fraction of sp³-hybridized carbons (Fsp3) is 0.333. The maximum absolute atomic E-state index is 11.7. The number of nitrogens with one attached hydrogen (secondary N) is 2. The average Bonchev–Trinajstić information content (AvgIpc) is 2.43. The maximum Gasteiger partial charge on any atom is 0.251 e. The number of anilines is 1. The number of carbonyl (C=O) groups is 2. The molecule has 0 unspecified atom stereocenters. The molecule has 0 atom stereocenters. The highest BCUT2D eigenvalue weighted by Crippen LogP contribution is 2.04. The molecule has 1 aromatic carbocycles. The summed E-state index contributed by atoms with van der Waals surface area (Å²) in [5, 5.41) is 22.3. The lowest BCUT2D eigenvalue weighted by Crippen LogP contribution is -2.45. The Labute approximate surface area is 110 Å². The molecular weight excluding hydrogens is 250 g/mol. The number of hydrogen-bond acceptors (Lipinski definition) is 5. The Morgan fingerprint density at radius 1 is 1.16 bits per heavy atom. The van der Waals surface area contributed by atoms with Crippen molar-refractivity contribution in [3.05, 3.63) is 29.8 Å². The number of nitrogen functional groups attached to an aromatic ring is 1. The van der Waals surface area contributed by atoms with Crippen LogP contribution >= 0.6 is 0 Å². The number of benzene rings is 1. The van der Waals surface area contributed by atoms with E-state index in [1.165, 1.54) is 0 Å². The smallest absolute Gasteiger partial charge is 0.251 e. The summed E-state index contributed by atoms with van der Waals surface area (Å²) in [6.45, 7) is -0.970. The topological polar surface area (TPSA) is 125 Å². The highest BCUT2D eigenvalue weighted by Gasteiger charge is 2.11. The standard InChI is InChI=1S/C12H17N3O4/c13-9-3-1-8(2-4-9)12(19)14-5-11(18)15-10(6-16)7-17/h1-4,10,16-17H,5-7,13H2,(H,14,19)(H,15,18). The molecule has 0 spiro atoms. The molecule has 0 fully saturated rings. The van der Waals surface area contributed by atoms with E-state index in [2.05, 4.69) is 10.6 Å². The van der Waals surface area contributed by atoms with Crippen molar-refractivity contribution in [3.8, 4) is 0 Å². The number of aliphatic hydroxyl groups is 2. The van der Waals surface area contributed by atoms with E-state index in [-0.39, 0.29) is 19.8 Å². The Hall–Kier alpha value is -2.12. The van der Waals surface area contributed by atoms with Crippen LogP contribution in [0.1, 0.15) is 10.4 Å². The lowest BCUT2D eigenvalue weighted by atomic mass is 10.2. The van der Waals surface area contributed by atoms with Gasteiger partial charge < -0.3 is 26.6 Å². The first-order valence-electron chi connectivity index (χ1n) is 5.71. The van der Waals surface area contributed by atoms with Crippen LogP contribution in [0.25, 0.3) is 0 Å². The number of rotatable bonds is 6. The van der Waals surface area contributed by atoms with Gasteiger partial charge in [0, 0.05) is 11.3 Å². The van der Waals surface area contributed by atoms with Crippen molar-refractivity contribution in [3.63, 3.8) is 0 Å². The molecule has 0 aliphatic rings. The summed E-state index contributed by atoms with van der Waals surface area (Å²) in [5.41, 5.74) is 6.43. The molecule has 104 valence electrons. The van der Waals surface area contributed by atoms with Crippen LogP contribution in [0, 0.1) is 0 Å². The molecule has 7 heteroatoms. The quantitative estimate of drug-likeness (QED) is 0.400. The van der Waals surface area contributed by atoms with Crippen LogP contribution in [0.5, 0.6) is 0 Å². The van der Waals surface area contributed by atoms with Crippen LogP contribution in [0.3, 0.4) is 0 Å². The summed E-state index contributed by atoms with van der Waals surface area (Å²) in [7, 11) is 0. The molecule has 0 aliphatic heterocycles. The molecule has 0 saturated carbocycles. The first kappa shape index (κ1) is 14.9. The van der Waals surface area contributed by atoms with E-state index in [9.17, 15) is 9.59 Å². The van der Waals surface area contributed by atoms with E-state index in [1.54, 1.807) is 24.3 Å². The zero-order valence-corrected chi connectivity index (χ0v) is 10.3. The van der Waals surface area contributed by atoms with Crippen LogP contribution in [-0.4, -0.2) is 47.8 Å². The van der Waals surface area contributed by atoms with Gasteiger partial charge in [-0.2, -0.15) is 0 Å². The Balaban J connectivity index is 2.41. The maximum atomic E-state index is 11.7. The van der Waals surface area contributed by atoms with Crippen molar-refractivity contribution in [2.45, 2.75) is 6.04 Å². The normalized spacial score (nSPS) is 10.3. The van der Waals surface area contributed by atoms with E-state index < -0.39 is 17.9 Å². The molecule has 1 aromatic rings. The first-order chi connectivity index (χ1) is 9.06. The summed E-state index contributed by atoms with van der Waals surface area (Å²) in [5.74, 6) is -0.892. The zero-order chi connectivity index (χ0) is 14.3. The second-order valence-corrected chi connectivity index (χ2v) is 3.93. The van der Waals surface area contributed by atoms with Gasteiger partial charge in [0.05, 0.1) is 25.8 Å². The summed E-state index contributed by atoms with van der Waals surface area (Å²) in [6.07, 6.45) is 0. The minimum atomic E-state index is -0.721. The largest absolute Gasteiger partial charge is 0.399 e. The highest BCUT2D eigenvalue weighted by molar-refractivity contribution is 5.96. The Kier molecular flexibility index (Phi) is 5.77. The van der Waals surface area contributed by atoms with Crippen molar-refractivity contribution >= 4 is 17.5 Å². The second kappa shape index (κ2) is 7.34. The first-order valence-corrected chi connectivity index (χ1v) is 5.71. The SMILES string of the molecule is Nc1ccc(C(=O)NCC(=O)NC(CO)CO)cc1. The molecule has 7 nitrogen and oxygen atoms in total. The lowest BCUT2D eigenvalue weighted by molar-refractivity contribution is -0.121. The van der Waals surface area contributed by atoms with Crippen molar-refractivity contribution in [2.24, 2.45) is 0 Å². The molecule has 19 heavy (non-hydrogen) atoms. The fourth-order valence-electron chi connectivity index (χ4n) is 1.32. The van der Waals surface area contributed by atoms with Crippen LogP contribution in [0.15, 0.2) is 24.3 Å². The van der Waals surface area contributed by atoms with Gasteiger partial charge in [-0.1, -0.05) is 0 Å². The molecule has 0 saturated heterocycles. The second-order valence-electron chi connectivity index (χ2n) is 3.93. The van der Waals surface area contributed by atoms with E-state index >= 15 is 0 Å². The number of hydrogen-bond donors (Lipinski definition) is 5. The summed E-state index contributed by atoms with van der Waals surface area (Å²) in [6, 6.07) is 5.55. The summed E-state index contributed by atoms with van der Waals surface area (Å²) < 4.78 is 0. The zero-order valence-electron chi connectivity index (χ0n) is 10.3. The van der Waals surface area contributed by atoms with Gasteiger partial charge in [-0.15, -0.1) is 0 Å². The van der Waals surface area contributed by atoms with Gasteiger partial charge >= 0.3 is 0 Å². The molecule has 0 radical (unpaired) electrons. The van der Waals surface area contributed by atoms with E-state index in [0.717, 1.165) is 0 Å². The minimum Gasteiger partial charge on any atom is -0.399 e. The van der Waals surface area contributed by atoms with Gasteiger partial charge in [-0.05, 0) is 24.3 Å². The van der Waals surface area contributed by atoms with E-state index in [1.807, 2.05) is 0 Å². The molecule has 6 N–H and O–H groups in total. The van der Waals surface area contributed by atoms with Crippen LogP contribution in [0.2, 0.25) is 0 Å². The third kappa shape index (κ3) is 4.94. The monoisotopic (exact) mass is 267 g/mol. The number of nitrogens with two attached hydrogens (primary N) is 1. The molecule has 1 rings (SSSR count). The van der Waals surface area contributed by atoms with Gasteiger partial charge in [0.1, 0.15) is 0 Å². The number of aliphatic hydroxyl groups excluding tert-OH is 2. The molecular formula is C12H17N3O4.